The highest BCUT2D eigenvalue weighted by Gasteiger charge is 2.33. The smallest absolute Gasteiger partial charge is 0.322 e. The van der Waals surface area contributed by atoms with Gasteiger partial charge in [0.1, 0.15) is 5.75 Å². The van der Waals surface area contributed by atoms with Gasteiger partial charge in [-0.1, -0.05) is 6.07 Å². The van der Waals surface area contributed by atoms with E-state index in [-0.39, 0.29) is 12.5 Å². The molecule has 3 rings (SSSR count). The number of rotatable bonds is 6. The molecule has 1 atom stereocenters. The number of carboxylic acid groups (broad SMARTS) is 1. The van der Waals surface area contributed by atoms with Gasteiger partial charge in [0.15, 0.2) is 11.5 Å². The summed E-state index contributed by atoms with van der Waals surface area (Å²) in [4.78, 5) is 26.0. The van der Waals surface area contributed by atoms with E-state index >= 15 is 0 Å². The number of ether oxygens (including phenoxy) is 3. The van der Waals surface area contributed by atoms with E-state index in [1.165, 1.54) is 7.11 Å². The number of carbonyl (C=O) groups is 2. The van der Waals surface area contributed by atoms with Crippen molar-refractivity contribution in [3.8, 4) is 17.2 Å². The number of anilines is 1. The normalized spacial score (nSPS) is 15.3. The number of hydrogen-bond acceptors (Lipinski definition) is 5. The minimum absolute atomic E-state index is 0.214. The van der Waals surface area contributed by atoms with Gasteiger partial charge in [0.2, 0.25) is 0 Å². The van der Waals surface area contributed by atoms with E-state index in [0.717, 1.165) is 11.1 Å². The molecule has 1 heterocycles. The van der Waals surface area contributed by atoms with Crippen LogP contribution in [0.5, 0.6) is 17.2 Å². The lowest BCUT2D eigenvalue weighted by atomic mass is 9.90. The molecule has 2 amide bonds. The topological polar surface area (TPSA) is 97.3 Å². The predicted molar refractivity (Wildman–Crippen MR) is 107 cm³/mol. The van der Waals surface area contributed by atoms with Gasteiger partial charge in [0.25, 0.3) is 0 Å². The third-order valence-electron chi connectivity index (χ3n) is 4.95. The molecule has 0 radical (unpaired) electrons. The lowest BCUT2D eigenvalue weighted by Crippen LogP contribution is -2.43. The zero-order valence-electron chi connectivity index (χ0n) is 16.6. The highest BCUT2D eigenvalue weighted by Crippen LogP contribution is 2.39. The number of nitrogens with one attached hydrogen (secondary N) is 1. The molecule has 8 nitrogen and oxygen atoms in total. The molecule has 1 aliphatic rings. The van der Waals surface area contributed by atoms with Gasteiger partial charge in [-0.05, 0) is 41.8 Å². The van der Waals surface area contributed by atoms with Crippen LogP contribution in [0.2, 0.25) is 0 Å². The van der Waals surface area contributed by atoms with Crippen LogP contribution < -0.4 is 19.5 Å². The molecule has 29 heavy (non-hydrogen) atoms. The molecule has 8 heteroatoms. The van der Waals surface area contributed by atoms with Gasteiger partial charge >= 0.3 is 12.0 Å². The summed E-state index contributed by atoms with van der Waals surface area (Å²) in [6.45, 7) is 0.385. The van der Waals surface area contributed by atoms with Crippen molar-refractivity contribution in [2.45, 2.75) is 18.9 Å². The van der Waals surface area contributed by atoms with Crippen molar-refractivity contribution in [1.82, 2.24) is 4.90 Å². The van der Waals surface area contributed by atoms with Crippen LogP contribution in [0.4, 0.5) is 10.5 Å². The first-order valence-corrected chi connectivity index (χ1v) is 9.15. The standard InChI is InChI=1S/C21H24N2O6/c1-27-15-6-4-5-14(10-15)22-21(26)23-8-7-13-9-18(28-2)19(29-3)11-16(13)17(23)12-20(24)25/h4-6,9-11,17H,7-8,12H2,1-3H3,(H,22,26)(H,24,25)/t17-/m0/s1. The molecule has 0 aromatic heterocycles. The molecule has 2 N–H and O–H groups in total. The van der Waals surface area contributed by atoms with Gasteiger partial charge in [0, 0.05) is 18.3 Å². The maximum absolute atomic E-state index is 13.0. The van der Waals surface area contributed by atoms with Crippen LogP contribution in [0.1, 0.15) is 23.6 Å². The summed E-state index contributed by atoms with van der Waals surface area (Å²) >= 11 is 0. The summed E-state index contributed by atoms with van der Waals surface area (Å²) in [6.07, 6.45) is 0.366. The Balaban J connectivity index is 1.92. The maximum atomic E-state index is 13.0. The number of hydrogen-bond donors (Lipinski definition) is 2. The number of aliphatic carboxylic acids is 1. The van der Waals surface area contributed by atoms with Crippen LogP contribution in [0.3, 0.4) is 0 Å². The number of amides is 2. The SMILES string of the molecule is COc1cccc(NC(=O)N2CCc3cc(OC)c(OC)cc3[C@@H]2CC(=O)O)c1. The first kappa shape index (κ1) is 20.3. The molecule has 0 saturated carbocycles. The minimum atomic E-state index is -0.989. The molecule has 0 unspecified atom stereocenters. The molecule has 0 aliphatic carbocycles. The van der Waals surface area contributed by atoms with Crippen molar-refractivity contribution in [2.75, 3.05) is 33.2 Å². The van der Waals surface area contributed by atoms with Crippen molar-refractivity contribution >= 4 is 17.7 Å². The number of fused-ring (bicyclic) bond motifs is 1. The largest absolute Gasteiger partial charge is 0.497 e. The summed E-state index contributed by atoms with van der Waals surface area (Å²) in [7, 11) is 4.62. The molecule has 0 saturated heterocycles. The molecule has 0 bridgehead atoms. The van der Waals surface area contributed by atoms with Crippen molar-refractivity contribution < 1.29 is 28.9 Å². The van der Waals surface area contributed by atoms with Crippen molar-refractivity contribution in [2.24, 2.45) is 0 Å². The Morgan fingerprint density at radius 1 is 1.10 bits per heavy atom. The second-order valence-corrected chi connectivity index (χ2v) is 6.63. The summed E-state index contributed by atoms with van der Waals surface area (Å²) in [5, 5.41) is 12.3. The number of carbonyl (C=O) groups excluding carboxylic acids is 1. The molecular weight excluding hydrogens is 376 g/mol. The predicted octanol–water partition coefficient (Wildman–Crippen LogP) is 3.32. The van der Waals surface area contributed by atoms with Crippen LogP contribution in [0, 0.1) is 0 Å². The van der Waals surface area contributed by atoms with Gasteiger partial charge in [-0.2, -0.15) is 0 Å². The fourth-order valence-corrected chi connectivity index (χ4v) is 3.55. The van der Waals surface area contributed by atoms with Crippen LogP contribution in [0.25, 0.3) is 0 Å². The molecular formula is C21H24N2O6. The number of nitrogens with zero attached hydrogens (tertiary/aromatic N) is 1. The van der Waals surface area contributed by atoms with E-state index in [9.17, 15) is 14.7 Å². The zero-order chi connectivity index (χ0) is 21.0. The zero-order valence-corrected chi connectivity index (χ0v) is 16.6. The maximum Gasteiger partial charge on any atom is 0.322 e. The fraction of sp³-hybridized carbons (Fsp3) is 0.333. The molecule has 0 fully saturated rings. The lowest BCUT2D eigenvalue weighted by Gasteiger charge is -2.37. The average Bonchev–Trinajstić information content (AvgIpc) is 2.72. The van der Waals surface area contributed by atoms with E-state index in [0.29, 0.717) is 35.9 Å². The van der Waals surface area contributed by atoms with Gasteiger partial charge in [0.05, 0.1) is 33.8 Å². The van der Waals surface area contributed by atoms with Crippen molar-refractivity contribution in [3.05, 3.63) is 47.5 Å². The first-order valence-electron chi connectivity index (χ1n) is 9.15. The van der Waals surface area contributed by atoms with E-state index in [1.807, 2.05) is 6.07 Å². The Kier molecular flexibility index (Phi) is 6.11. The first-order chi connectivity index (χ1) is 14.0. The average molecular weight is 400 g/mol. The number of urea groups is 1. The van der Waals surface area contributed by atoms with Crippen LogP contribution in [-0.4, -0.2) is 49.9 Å². The third-order valence-corrected chi connectivity index (χ3v) is 4.95. The quantitative estimate of drug-likeness (QED) is 0.772. The van der Waals surface area contributed by atoms with Crippen LogP contribution in [-0.2, 0) is 11.2 Å². The van der Waals surface area contributed by atoms with Crippen molar-refractivity contribution in [3.63, 3.8) is 0 Å². The Morgan fingerprint density at radius 2 is 1.83 bits per heavy atom. The molecule has 0 spiro atoms. The van der Waals surface area contributed by atoms with Crippen LogP contribution >= 0.6 is 0 Å². The fourth-order valence-electron chi connectivity index (χ4n) is 3.55. The molecule has 1 aliphatic heterocycles. The van der Waals surface area contributed by atoms with Gasteiger partial charge in [-0.3, -0.25) is 4.79 Å². The van der Waals surface area contributed by atoms with E-state index in [2.05, 4.69) is 5.32 Å². The summed E-state index contributed by atoms with van der Waals surface area (Å²) in [5.41, 5.74) is 2.26. The number of benzene rings is 2. The van der Waals surface area contributed by atoms with E-state index in [1.54, 1.807) is 49.5 Å². The van der Waals surface area contributed by atoms with E-state index in [4.69, 9.17) is 14.2 Å². The van der Waals surface area contributed by atoms with Gasteiger partial charge in [-0.25, -0.2) is 4.79 Å². The van der Waals surface area contributed by atoms with E-state index < -0.39 is 12.0 Å². The summed E-state index contributed by atoms with van der Waals surface area (Å²) in [5.74, 6) is 0.703. The monoisotopic (exact) mass is 400 g/mol. The van der Waals surface area contributed by atoms with Crippen LogP contribution in [0.15, 0.2) is 36.4 Å². The molecule has 2 aromatic rings. The summed E-state index contributed by atoms with van der Waals surface area (Å²) in [6, 6.07) is 9.61. The minimum Gasteiger partial charge on any atom is -0.497 e. The van der Waals surface area contributed by atoms with Gasteiger partial charge in [-0.15, -0.1) is 0 Å². The highest BCUT2D eigenvalue weighted by molar-refractivity contribution is 5.90. The Labute approximate surface area is 169 Å². The lowest BCUT2D eigenvalue weighted by molar-refractivity contribution is -0.138. The summed E-state index contributed by atoms with van der Waals surface area (Å²) < 4.78 is 15.9. The Morgan fingerprint density at radius 3 is 2.48 bits per heavy atom. The molecule has 2 aromatic carbocycles. The number of carboxylic acids is 1. The Hall–Kier alpha value is -3.42. The highest BCUT2D eigenvalue weighted by atomic mass is 16.5. The molecule has 154 valence electrons. The second kappa shape index (κ2) is 8.72. The third kappa shape index (κ3) is 4.37. The second-order valence-electron chi connectivity index (χ2n) is 6.63. The van der Waals surface area contributed by atoms with Gasteiger partial charge < -0.3 is 29.5 Å². The van der Waals surface area contributed by atoms with Crippen molar-refractivity contribution in [1.29, 1.82) is 0 Å². The Bertz CT molecular complexity index is 914. The number of methoxy groups -OCH3 is 3.